The zero-order valence-corrected chi connectivity index (χ0v) is 11.8. The molecule has 0 unspecified atom stereocenters. The Kier molecular flexibility index (Phi) is 6.01. The molecule has 0 saturated heterocycles. The van der Waals surface area contributed by atoms with Crippen molar-refractivity contribution in [2.24, 2.45) is 5.73 Å². The summed E-state index contributed by atoms with van der Waals surface area (Å²) in [4.78, 5) is 11.8. The van der Waals surface area contributed by atoms with Crippen LogP contribution in [0.2, 0.25) is 0 Å². The van der Waals surface area contributed by atoms with E-state index in [0.29, 0.717) is 6.42 Å². The van der Waals surface area contributed by atoms with Gasteiger partial charge in [-0.3, -0.25) is 4.79 Å². The van der Waals surface area contributed by atoms with Crippen LogP contribution in [0, 0.1) is 6.92 Å². The van der Waals surface area contributed by atoms with Crippen LogP contribution in [0.3, 0.4) is 0 Å². The van der Waals surface area contributed by atoms with Crippen LogP contribution < -0.4 is 15.8 Å². The topological polar surface area (TPSA) is 64.3 Å². The van der Waals surface area contributed by atoms with Crippen molar-refractivity contribution in [3.63, 3.8) is 0 Å². The Labute approximate surface area is 112 Å². The Bertz CT molecular complexity index is 410. The molecule has 4 nitrogen and oxygen atoms in total. The summed E-state index contributed by atoms with van der Waals surface area (Å²) >= 11 is 1.68. The van der Waals surface area contributed by atoms with Crippen molar-refractivity contribution in [3.8, 4) is 5.75 Å². The maximum Gasteiger partial charge on any atom is 0.241 e. The SMILES string of the molecule is COc1ccc(NC(=O)[C@@H](N)CCSC)cc1C. The number of benzene rings is 1. The van der Waals surface area contributed by atoms with E-state index in [4.69, 9.17) is 10.5 Å². The minimum Gasteiger partial charge on any atom is -0.496 e. The molecule has 1 aromatic carbocycles. The van der Waals surface area contributed by atoms with Gasteiger partial charge >= 0.3 is 0 Å². The van der Waals surface area contributed by atoms with E-state index >= 15 is 0 Å². The van der Waals surface area contributed by atoms with Gasteiger partial charge in [-0.25, -0.2) is 0 Å². The minimum absolute atomic E-state index is 0.145. The number of carbonyl (C=O) groups is 1. The minimum atomic E-state index is -0.458. The number of nitrogens with two attached hydrogens (primary N) is 1. The van der Waals surface area contributed by atoms with Crippen molar-refractivity contribution >= 4 is 23.4 Å². The molecule has 100 valence electrons. The fourth-order valence-electron chi connectivity index (χ4n) is 1.57. The number of ether oxygens (including phenoxy) is 1. The van der Waals surface area contributed by atoms with Crippen LogP contribution in [0.15, 0.2) is 18.2 Å². The van der Waals surface area contributed by atoms with Gasteiger partial charge in [-0.2, -0.15) is 11.8 Å². The molecule has 0 fully saturated rings. The zero-order valence-electron chi connectivity index (χ0n) is 11.0. The Hall–Kier alpha value is -1.20. The Morgan fingerprint density at radius 2 is 2.28 bits per heavy atom. The largest absolute Gasteiger partial charge is 0.496 e. The molecule has 3 N–H and O–H groups in total. The summed E-state index contributed by atoms with van der Waals surface area (Å²) in [6, 6.07) is 5.06. The number of hydrogen-bond donors (Lipinski definition) is 2. The second kappa shape index (κ2) is 7.28. The molecular formula is C13H20N2O2S. The van der Waals surface area contributed by atoms with Gasteiger partial charge in [-0.05, 0) is 49.1 Å². The summed E-state index contributed by atoms with van der Waals surface area (Å²) in [7, 11) is 1.62. The maximum absolute atomic E-state index is 11.8. The maximum atomic E-state index is 11.8. The standard InChI is InChI=1S/C13H20N2O2S/c1-9-8-10(4-5-12(9)17-2)15-13(16)11(14)6-7-18-3/h4-5,8,11H,6-7,14H2,1-3H3,(H,15,16)/t11-/m0/s1. The molecule has 0 aliphatic carbocycles. The van der Waals surface area contributed by atoms with E-state index in [1.165, 1.54) is 0 Å². The van der Waals surface area contributed by atoms with Gasteiger partial charge in [0.2, 0.25) is 5.91 Å². The zero-order chi connectivity index (χ0) is 13.5. The third-order valence-electron chi connectivity index (χ3n) is 2.63. The van der Waals surface area contributed by atoms with Crippen molar-refractivity contribution in [3.05, 3.63) is 23.8 Å². The molecule has 0 heterocycles. The molecule has 1 amide bonds. The number of thioether (sulfide) groups is 1. The summed E-state index contributed by atoms with van der Waals surface area (Å²) in [5.41, 5.74) is 7.52. The van der Waals surface area contributed by atoms with Crippen LogP contribution in [-0.4, -0.2) is 31.1 Å². The van der Waals surface area contributed by atoms with E-state index in [-0.39, 0.29) is 5.91 Å². The average molecular weight is 268 g/mol. The lowest BCUT2D eigenvalue weighted by molar-refractivity contribution is -0.117. The molecule has 0 saturated carbocycles. The van der Waals surface area contributed by atoms with Gasteiger partial charge in [0.1, 0.15) is 5.75 Å². The normalized spacial score (nSPS) is 12.0. The van der Waals surface area contributed by atoms with Crippen LogP contribution in [-0.2, 0) is 4.79 Å². The van der Waals surface area contributed by atoms with Gasteiger partial charge in [0.25, 0.3) is 0 Å². The molecular weight excluding hydrogens is 248 g/mol. The molecule has 1 atom stereocenters. The molecule has 0 aliphatic heterocycles. The predicted octanol–water partition coefficient (Wildman–Crippen LogP) is 2.02. The second-order valence-corrected chi connectivity index (χ2v) is 5.05. The van der Waals surface area contributed by atoms with Gasteiger partial charge in [-0.15, -0.1) is 0 Å². The van der Waals surface area contributed by atoms with E-state index in [2.05, 4.69) is 5.32 Å². The fourth-order valence-corrected chi connectivity index (χ4v) is 2.06. The second-order valence-electron chi connectivity index (χ2n) is 4.06. The monoisotopic (exact) mass is 268 g/mol. The summed E-state index contributed by atoms with van der Waals surface area (Å²) in [5.74, 6) is 1.55. The molecule has 0 spiro atoms. The number of amides is 1. The first-order valence-electron chi connectivity index (χ1n) is 5.78. The summed E-state index contributed by atoms with van der Waals surface area (Å²) in [5, 5.41) is 2.81. The average Bonchev–Trinajstić information content (AvgIpc) is 2.36. The lowest BCUT2D eigenvalue weighted by atomic mass is 10.2. The van der Waals surface area contributed by atoms with Crippen LogP contribution >= 0.6 is 11.8 Å². The first kappa shape index (κ1) is 14.9. The van der Waals surface area contributed by atoms with Crippen molar-refractivity contribution < 1.29 is 9.53 Å². The van der Waals surface area contributed by atoms with Crippen molar-refractivity contribution in [2.45, 2.75) is 19.4 Å². The summed E-state index contributed by atoms with van der Waals surface area (Å²) in [6.45, 7) is 1.93. The fraction of sp³-hybridized carbons (Fsp3) is 0.462. The molecule has 5 heteroatoms. The van der Waals surface area contributed by atoms with Gasteiger partial charge in [0.05, 0.1) is 13.2 Å². The molecule has 18 heavy (non-hydrogen) atoms. The number of methoxy groups -OCH3 is 1. The van der Waals surface area contributed by atoms with Crippen molar-refractivity contribution in [2.75, 3.05) is 24.4 Å². The first-order valence-corrected chi connectivity index (χ1v) is 7.18. The van der Waals surface area contributed by atoms with E-state index in [1.54, 1.807) is 18.9 Å². The molecule has 0 bridgehead atoms. The van der Waals surface area contributed by atoms with Crippen LogP contribution in [0.1, 0.15) is 12.0 Å². The number of rotatable bonds is 6. The lowest BCUT2D eigenvalue weighted by Gasteiger charge is -2.13. The van der Waals surface area contributed by atoms with E-state index in [9.17, 15) is 4.79 Å². The Morgan fingerprint density at radius 1 is 1.56 bits per heavy atom. The number of carbonyl (C=O) groups excluding carboxylic acids is 1. The molecule has 0 aliphatic rings. The van der Waals surface area contributed by atoms with Crippen molar-refractivity contribution in [1.82, 2.24) is 0 Å². The molecule has 1 aromatic rings. The van der Waals surface area contributed by atoms with Crippen LogP contribution in [0.4, 0.5) is 5.69 Å². The highest BCUT2D eigenvalue weighted by atomic mass is 32.2. The molecule has 0 aromatic heterocycles. The van der Waals surface area contributed by atoms with E-state index < -0.39 is 6.04 Å². The van der Waals surface area contributed by atoms with E-state index in [1.807, 2.05) is 31.4 Å². The van der Waals surface area contributed by atoms with Gasteiger partial charge in [0.15, 0.2) is 0 Å². The highest BCUT2D eigenvalue weighted by molar-refractivity contribution is 7.98. The first-order chi connectivity index (χ1) is 8.58. The Balaban J connectivity index is 2.61. The third kappa shape index (κ3) is 4.23. The smallest absolute Gasteiger partial charge is 0.241 e. The van der Waals surface area contributed by atoms with Gasteiger partial charge in [0, 0.05) is 5.69 Å². The van der Waals surface area contributed by atoms with Crippen molar-refractivity contribution in [1.29, 1.82) is 0 Å². The number of hydrogen-bond acceptors (Lipinski definition) is 4. The molecule has 0 radical (unpaired) electrons. The highest BCUT2D eigenvalue weighted by Gasteiger charge is 2.13. The van der Waals surface area contributed by atoms with Crippen LogP contribution in [0.25, 0.3) is 0 Å². The van der Waals surface area contributed by atoms with Gasteiger partial charge in [-0.1, -0.05) is 0 Å². The lowest BCUT2D eigenvalue weighted by Crippen LogP contribution is -2.36. The van der Waals surface area contributed by atoms with Gasteiger partial charge < -0.3 is 15.8 Å². The molecule has 1 rings (SSSR count). The third-order valence-corrected chi connectivity index (χ3v) is 3.28. The predicted molar refractivity (Wildman–Crippen MR) is 77.3 cm³/mol. The quantitative estimate of drug-likeness (QED) is 0.828. The number of nitrogens with one attached hydrogen (secondary N) is 1. The highest BCUT2D eigenvalue weighted by Crippen LogP contribution is 2.21. The summed E-state index contributed by atoms with van der Waals surface area (Å²) < 4.78 is 5.17. The number of aryl methyl sites for hydroxylation is 1. The number of anilines is 1. The Morgan fingerprint density at radius 3 is 2.83 bits per heavy atom. The van der Waals surface area contributed by atoms with E-state index in [0.717, 1.165) is 22.8 Å². The van der Waals surface area contributed by atoms with Crippen LogP contribution in [0.5, 0.6) is 5.75 Å². The summed E-state index contributed by atoms with van der Waals surface area (Å²) in [6.07, 6.45) is 2.68.